The molecule has 0 unspecified atom stereocenters. The van der Waals surface area contributed by atoms with Crippen molar-refractivity contribution in [2.45, 2.75) is 9.79 Å². The molecule has 0 bridgehead atoms. The van der Waals surface area contributed by atoms with Crippen LogP contribution in [-0.4, -0.2) is 44.0 Å². The van der Waals surface area contributed by atoms with Crippen molar-refractivity contribution < 1.29 is 31.6 Å². The van der Waals surface area contributed by atoms with Crippen LogP contribution in [0.15, 0.2) is 68.6 Å². The van der Waals surface area contributed by atoms with Crippen molar-refractivity contribution in [1.29, 1.82) is 0 Å². The average molecular weight is 451 g/mol. The second kappa shape index (κ2) is 7.99. The predicted molar refractivity (Wildman–Crippen MR) is 110 cm³/mol. The predicted octanol–water partition coefficient (Wildman–Crippen LogP) is 2.56. The molecule has 0 saturated carbocycles. The molecule has 0 amide bonds. The minimum absolute atomic E-state index is 0.00333. The second-order valence-electron chi connectivity index (χ2n) is 6.23. The highest BCUT2D eigenvalue weighted by atomic mass is 32.2. The Balaban J connectivity index is 2.18. The van der Waals surface area contributed by atoms with Crippen LogP contribution >= 0.6 is 0 Å². The van der Waals surface area contributed by atoms with Gasteiger partial charge in [0.25, 0.3) is 10.1 Å². The first-order valence-electron chi connectivity index (χ1n) is 8.41. The SMILES string of the molecule is Nc1ccc2cc(S(=O)(=O)O)cc(O)c2c1N=Nc1ccccc1S(=O)(=O)CCO. The number of benzene rings is 3. The van der Waals surface area contributed by atoms with E-state index in [9.17, 15) is 26.5 Å². The van der Waals surface area contributed by atoms with E-state index in [0.29, 0.717) is 0 Å². The van der Waals surface area contributed by atoms with Gasteiger partial charge in [0.15, 0.2) is 9.84 Å². The first kappa shape index (κ1) is 21.6. The number of aliphatic hydroxyl groups excluding tert-OH is 1. The van der Waals surface area contributed by atoms with Gasteiger partial charge in [-0.15, -0.1) is 10.2 Å². The summed E-state index contributed by atoms with van der Waals surface area (Å²) >= 11 is 0. The largest absolute Gasteiger partial charge is 0.507 e. The number of phenolic OH excluding ortho intramolecular Hbond substituents is 1. The lowest BCUT2D eigenvalue weighted by Gasteiger charge is -2.09. The standard InChI is InChI=1S/C18H17N3O7S2/c19-13-6-5-11-9-12(30(26,27)28)10-15(23)17(11)18(13)21-20-14-3-1-2-4-16(14)29(24,25)8-7-22/h1-6,9-10,22-23H,7-8,19H2,(H,26,27,28). The Labute approximate surface area is 172 Å². The van der Waals surface area contributed by atoms with Crippen molar-refractivity contribution >= 4 is 47.8 Å². The van der Waals surface area contributed by atoms with Crippen molar-refractivity contribution in [3.05, 3.63) is 48.5 Å². The van der Waals surface area contributed by atoms with Gasteiger partial charge in [-0.1, -0.05) is 18.2 Å². The Kier molecular flexibility index (Phi) is 5.76. The van der Waals surface area contributed by atoms with Gasteiger partial charge in [0.2, 0.25) is 0 Å². The molecule has 158 valence electrons. The van der Waals surface area contributed by atoms with Crippen LogP contribution in [0.2, 0.25) is 0 Å². The van der Waals surface area contributed by atoms with E-state index in [-0.39, 0.29) is 32.7 Å². The number of phenols is 1. The topological polar surface area (TPSA) is 180 Å². The van der Waals surface area contributed by atoms with Gasteiger partial charge in [-0.3, -0.25) is 4.55 Å². The van der Waals surface area contributed by atoms with Crippen molar-refractivity contribution in [2.24, 2.45) is 10.2 Å². The van der Waals surface area contributed by atoms with Crippen LogP contribution in [0.1, 0.15) is 0 Å². The number of nitrogens with two attached hydrogens (primary N) is 1. The monoisotopic (exact) mass is 451 g/mol. The van der Waals surface area contributed by atoms with E-state index in [0.717, 1.165) is 12.1 Å². The second-order valence-corrected chi connectivity index (χ2v) is 9.73. The Hall–Kier alpha value is -3.06. The number of fused-ring (bicyclic) bond motifs is 1. The van der Waals surface area contributed by atoms with E-state index in [1.165, 1.54) is 30.3 Å². The molecule has 0 aliphatic carbocycles. The Morgan fingerprint density at radius 1 is 0.967 bits per heavy atom. The zero-order valence-electron chi connectivity index (χ0n) is 15.3. The summed E-state index contributed by atoms with van der Waals surface area (Å²) in [6.45, 7) is -0.561. The highest BCUT2D eigenvalue weighted by Crippen LogP contribution is 2.40. The third-order valence-corrected chi connectivity index (χ3v) is 6.76. The van der Waals surface area contributed by atoms with Crippen LogP contribution < -0.4 is 5.73 Å². The molecule has 3 rings (SSSR count). The molecule has 0 spiro atoms. The van der Waals surface area contributed by atoms with Crippen LogP contribution in [-0.2, 0) is 20.0 Å². The molecule has 12 heteroatoms. The Bertz CT molecular complexity index is 1370. The first-order chi connectivity index (χ1) is 14.0. The van der Waals surface area contributed by atoms with Gasteiger partial charge in [0, 0.05) is 6.07 Å². The fourth-order valence-electron chi connectivity index (χ4n) is 2.81. The van der Waals surface area contributed by atoms with Crippen molar-refractivity contribution in [3.63, 3.8) is 0 Å². The maximum Gasteiger partial charge on any atom is 0.294 e. The first-order valence-corrected chi connectivity index (χ1v) is 11.5. The van der Waals surface area contributed by atoms with Gasteiger partial charge >= 0.3 is 0 Å². The fourth-order valence-corrected chi connectivity index (χ4v) is 4.52. The van der Waals surface area contributed by atoms with E-state index in [1.807, 2.05) is 0 Å². The number of rotatable bonds is 6. The Morgan fingerprint density at radius 2 is 1.67 bits per heavy atom. The average Bonchev–Trinajstić information content (AvgIpc) is 2.66. The molecule has 0 heterocycles. The summed E-state index contributed by atoms with van der Waals surface area (Å²) in [5, 5.41) is 27.5. The maximum atomic E-state index is 12.3. The molecule has 30 heavy (non-hydrogen) atoms. The highest BCUT2D eigenvalue weighted by molar-refractivity contribution is 7.91. The maximum absolute atomic E-state index is 12.3. The zero-order valence-corrected chi connectivity index (χ0v) is 16.9. The number of aliphatic hydroxyl groups is 1. The summed E-state index contributed by atoms with van der Waals surface area (Å²) in [4.78, 5) is -0.653. The molecule has 0 fully saturated rings. The van der Waals surface area contributed by atoms with Crippen LogP contribution in [0.25, 0.3) is 10.8 Å². The molecule has 0 radical (unpaired) electrons. The normalized spacial score (nSPS) is 12.6. The number of sulfone groups is 1. The van der Waals surface area contributed by atoms with Crippen LogP contribution in [0.3, 0.4) is 0 Å². The molecule has 5 N–H and O–H groups in total. The van der Waals surface area contributed by atoms with Crippen LogP contribution in [0.5, 0.6) is 5.75 Å². The van der Waals surface area contributed by atoms with Crippen LogP contribution in [0, 0.1) is 0 Å². The highest BCUT2D eigenvalue weighted by Gasteiger charge is 2.19. The summed E-state index contributed by atoms with van der Waals surface area (Å²) in [5.41, 5.74) is 6.01. The lowest BCUT2D eigenvalue weighted by molar-refractivity contribution is 0.319. The molecule has 0 aromatic heterocycles. The van der Waals surface area contributed by atoms with Gasteiger partial charge in [0.1, 0.15) is 17.1 Å². The van der Waals surface area contributed by atoms with Gasteiger partial charge < -0.3 is 15.9 Å². The molecular formula is C18H17N3O7S2. The van der Waals surface area contributed by atoms with E-state index in [1.54, 1.807) is 6.07 Å². The molecule has 3 aromatic carbocycles. The molecule has 0 aliphatic heterocycles. The zero-order chi connectivity index (χ0) is 22.1. The summed E-state index contributed by atoms with van der Waals surface area (Å²) in [6.07, 6.45) is 0. The van der Waals surface area contributed by atoms with Crippen LogP contribution in [0.4, 0.5) is 17.1 Å². The molecule has 0 atom stereocenters. The third-order valence-electron chi connectivity index (χ3n) is 4.19. The molecule has 0 aliphatic rings. The van der Waals surface area contributed by atoms with E-state index in [2.05, 4.69) is 10.2 Å². The summed E-state index contributed by atoms with van der Waals surface area (Å²) < 4.78 is 56.6. The number of hydrogen-bond donors (Lipinski definition) is 4. The van der Waals surface area contributed by atoms with E-state index in [4.69, 9.17) is 10.8 Å². The Morgan fingerprint density at radius 3 is 2.33 bits per heavy atom. The lowest BCUT2D eigenvalue weighted by atomic mass is 10.1. The van der Waals surface area contributed by atoms with Crippen molar-refractivity contribution in [3.8, 4) is 5.75 Å². The fraction of sp³-hybridized carbons (Fsp3) is 0.111. The number of anilines is 1. The molecule has 3 aromatic rings. The summed E-state index contributed by atoms with van der Waals surface area (Å²) in [5.74, 6) is -1.00. The lowest BCUT2D eigenvalue weighted by Crippen LogP contribution is -2.10. The molecule has 10 nitrogen and oxygen atoms in total. The number of nitrogen functional groups attached to an aromatic ring is 1. The number of azo groups is 1. The molecule has 0 saturated heterocycles. The summed E-state index contributed by atoms with van der Waals surface area (Å²) in [6, 6.07) is 10.6. The van der Waals surface area contributed by atoms with Gasteiger partial charge in [-0.2, -0.15) is 8.42 Å². The molecular weight excluding hydrogens is 434 g/mol. The summed E-state index contributed by atoms with van der Waals surface area (Å²) in [7, 11) is -8.36. The van der Waals surface area contributed by atoms with E-state index >= 15 is 0 Å². The smallest absolute Gasteiger partial charge is 0.294 e. The van der Waals surface area contributed by atoms with Gasteiger partial charge in [0.05, 0.1) is 33.2 Å². The quantitative estimate of drug-likeness (QED) is 0.251. The van der Waals surface area contributed by atoms with Gasteiger partial charge in [-0.05, 0) is 29.7 Å². The number of hydrogen-bond acceptors (Lipinski definition) is 9. The van der Waals surface area contributed by atoms with Crippen molar-refractivity contribution in [1.82, 2.24) is 0 Å². The van der Waals surface area contributed by atoms with E-state index < -0.39 is 43.0 Å². The number of aromatic hydroxyl groups is 1. The van der Waals surface area contributed by atoms with Gasteiger partial charge in [-0.25, -0.2) is 8.42 Å². The minimum atomic E-state index is -4.55. The number of nitrogens with zero attached hydrogens (tertiary/aromatic N) is 2. The third kappa shape index (κ3) is 4.26. The minimum Gasteiger partial charge on any atom is -0.507 e. The van der Waals surface area contributed by atoms with Crippen molar-refractivity contribution in [2.75, 3.05) is 18.1 Å².